The summed E-state index contributed by atoms with van der Waals surface area (Å²) < 4.78 is 2.38. The maximum atomic E-state index is 13.0. The second-order valence-corrected chi connectivity index (χ2v) is 7.81. The lowest BCUT2D eigenvalue weighted by Crippen LogP contribution is -3.08. The molecular formula is C21H25N4O3S+. The molecule has 1 aromatic carbocycles. The lowest BCUT2D eigenvalue weighted by molar-refractivity contribution is -0.884. The zero-order valence-corrected chi connectivity index (χ0v) is 17.4. The molecule has 7 nitrogen and oxygen atoms in total. The quantitative estimate of drug-likeness (QED) is 0.530. The first-order valence-corrected chi connectivity index (χ1v) is 10.4. The van der Waals surface area contributed by atoms with Gasteiger partial charge in [0.25, 0.3) is 5.56 Å². The summed E-state index contributed by atoms with van der Waals surface area (Å²) in [6.45, 7) is 2.85. The zero-order chi connectivity index (χ0) is 21.0. The average Bonchev–Trinajstić information content (AvgIpc) is 3.19. The van der Waals surface area contributed by atoms with Gasteiger partial charge in [-0.05, 0) is 29.3 Å². The Morgan fingerprint density at radius 1 is 1.10 bits per heavy atom. The van der Waals surface area contributed by atoms with Crippen molar-refractivity contribution in [3.8, 4) is 0 Å². The van der Waals surface area contributed by atoms with Crippen LogP contribution in [-0.2, 0) is 19.6 Å². The van der Waals surface area contributed by atoms with E-state index in [1.54, 1.807) is 18.3 Å². The second-order valence-electron chi connectivity index (χ2n) is 7.03. The van der Waals surface area contributed by atoms with Crippen molar-refractivity contribution in [3.63, 3.8) is 0 Å². The van der Waals surface area contributed by atoms with E-state index in [2.05, 4.69) is 0 Å². The number of benzene rings is 1. The number of nitrogens with zero attached hydrogens (tertiary/aromatic N) is 2. The van der Waals surface area contributed by atoms with E-state index in [0.717, 1.165) is 20.6 Å². The molecule has 0 saturated carbocycles. The molecule has 2 heterocycles. The van der Waals surface area contributed by atoms with E-state index < -0.39 is 11.2 Å². The summed E-state index contributed by atoms with van der Waals surface area (Å²) in [5.74, 6) is -0.425. The van der Waals surface area contributed by atoms with E-state index in [4.69, 9.17) is 5.73 Å². The molecule has 0 amide bonds. The molecule has 29 heavy (non-hydrogen) atoms. The van der Waals surface area contributed by atoms with Crippen LogP contribution in [0.15, 0.2) is 56.7 Å². The molecule has 0 spiro atoms. The SMILES string of the molecule is CCn1c(=O)c(C(=O)C[NH+](C)Cc2ccsc2)c(N)n(Cc2ccccc2)c1=O. The topological polar surface area (TPSA) is 91.5 Å². The molecule has 2 aromatic heterocycles. The van der Waals surface area contributed by atoms with E-state index in [-0.39, 0.29) is 36.8 Å². The number of nitrogens with two attached hydrogens (primary N) is 1. The molecule has 3 rings (SSSR count). The number of carbonyl (C=O) groups is 1. The minimum atomic E-state index is -0.618. The summed E-state index contributed by atoms with van der Waals surface area (Å²) in [7, 11) is 1.89. The Labute approximate surface area is 172 Å². The second kappa shape index (κ2) is 9.02. The number of nitrogens with one attached hydrogen (secondary N) is 1. The van der Waals surface area contributed by atoms with Crippen molar-refractivity contribution in [1.29, 1.82) is 0 Å². The number of rotatable bonds is 8. The van der Waals surface area contributed by atoms with Crippen LogP contribution >= 0.6 is 11.3 Å². The van der Waals surface area contributed by atoms with Crippen molar-refractivity contribution >= 4 is 22.9 Å². The summed E-state index contributed by atoms with van der Waals surface area (Å²) in [5.41, 5.74) is 6.96. The highest BCUT2D eigenvalue weighted by molar-refractivity contribution is 7.07. The molecule has 0 aliphatic carbocycles. The Balaban J connectivity index is 1.96. The lowest BCUT2D eigenvalue weighted by Gasteiger charge is -2.17. The molecule has 3 N–H and O–H groups in total. The standard InChI is InChI=1S/C21H24N4O3S/c1-3-24-20(27)18(17(26)13-23(2)11-16-9-10-29-14-16)19(22)25(21(24)28)12-15-7-5-4-6-8-15/h4-10,14H,3,11-13,22H2,1-2H3/p+1. The zero-order valence-electron chi connectivity index (χ0n) is 16.6. The van der Waals surface area contributed by atoms with Crippen molar-refractivity contribution in [1.82, 2.24) is 9.13 Å². The Kier molecular flexibility index (Phi) is 6.46. The van der Waals surface area contributed by atoms with Gasteiger partial charge in [0, 0.05) is 12.1 Å². The van der Waals surface area contributed by atoms with Crippen molar-refractivity contribution in [2.45, 2.75) is 26.6 Å². The third-order valence-corrected chi connectivity index (χ3v) is 5.53. The van der Waals surface area contributed by atoms with Gasteiger partial charge in [-0.3, -0.25) is 18.7 Å². The molecule has 3 aromatic rings. The molecule has 0 radical (unpaired) electrons. The maximum Gasteiger partial charge on any atom is 0.332 e. The van der Waals surface area contributed by atoms with Crippen LogP contribution in [-0.4, -0.2) is 28.5 Å². The number of Topliss-reactive ketones (excluding diaryl/α,β-unsaturated/α-hetero) is 1. The number of likely N-dealkylation sites (N-methyl/N-ethyl adjacent to an activating group) is 1. The average molecular weight is 414 g/mol. The number of quaternary nitrogens is 1. The number of thiophene rings is 1. The Hall–Kier alpha value is -2.97. The van der Waals surface area contributed by atoms with Gasteiger partial charge in [-0.25, -0.2) is 4.79 Å². The fraction of sp³-hybridized carbons (Fsp3) is 0.286. The van der Waals surface area contributed by atoms with Gasteiger partial charge in [-0.15, -0.1) is 0 Å². The molecule has 0 saturated heterocycles. The van der Waals surface area contributed by atoms with Gasteiger partial charge in [0.15, 0.2) is 0 Å². The van der Waals surface area contributed by atoms with Gasteiger partial charge in [0.05, 0.1) is 13.6 Å². The van der Waals surface area contributed by atoms with E-state index in [1.807, 2.05) is 54.2 Å². The van der Waals surface area contributed by atoms with Gasteiger partial charge in [-0.1, -0.05) is 30.3 Å². The number of anilines is 1. The van der Waals surface area contributed by atoms with Gasteiger partial charge in [-0.2, -0.15) is 11.3 Å². The third-order valence-electron chi connectivity index (χ3n) is 4.79. The molecule has 152 valence electrons. The molecule has 0 aliphatic rings. The fourth-order valence-electron chi connectivity index (χ4n) is 3.34. The van der Waals surface area contributed by atoms with E-state index in [1.165, 1.54) is 4.57 Å². The van der Waals surface area contributed by atoms with E-state index >= 15 is 0 Å². The Bertz CT molecular complexity index is 1100. The largest absolute Gasteiger partial charge is 0.384 e. The molecule has 8 heteroatoms. The molecule has 0 bridgehead atoms. The maximum absolute atomic E-state index is 13.0. The summed E-state index contributed by atoms with van der Waals surface area (Å²) in [6, 6.07) is 11.4. The highest BCUT2D eigenvalue weighted by atomic mass is 32.1. The van der Waals surface area contributed by atoms with Gasteiger partial charge in [0.1, 0.15) is 24.5 Å². The van der Waals surface area contributed by atoms with Crippen LogP contribution in [0, 0.1) is 0 Å². The van der Waals surface area contributed by atoms with Crippen LogP contribution in [0.3, 0.4) is 0 Å². The molecule has 0 aliphatic heterocycles. The highest BCUT2D eigenvalue weighted by Gasteiger charge is 2.24. The van der Waals surface area contributed by atoms with Crippen LogP contribution in [0.4, 0.5) is 5.82 Å². The summed E-state index contributed by atoms with van der Waals surface area (Å²) >= 11 is 1.60. The third kappa shape index (κ3) is 4.55. The number of ketones is 1. The first-order valence-electron chi connectivity index (χ1n) is 9.45. The lowest BCUT2D eigenvalue weighted by atomic mass is 10.1. The van der Waals surface area contributed by atoms with E-state index in [9.17, 15) is 14.4 Å². The fourth-order valence-corrected chi connectivity index (χ4v) is 4.01. The number of aromatic nitrogens is 2. The van der Waals surface area contributed by atoms with Crippen LogP contribution in [0.25, 0.3) is 0 Å². The van der Waals surface area contributed by atoms with Crippen molar-refractivity contribution in [3.05, 3.63) is 84.7 Å². The Morgan fingerprint density at radius 2 is 1.83 bits per heavy atom. The number of carbonyl (C=O) groups excluding carboxylic acids is 1. The number of hydrogen-bond donors (Lipinski definition) is 2. The Morgan fingerprint density at radius 3 is 2.45 bits per heavy atom. The summed E-state index contributed by atoms with van der Waals surface area (Å²) in [4.78, 5) is 39.5. The van der Waals surface area contributed by atoms with Gasteiger partial charge >= 0.3 is 5.69 Å². The van der Waals surface area contributed by atoms with Crippen LogP contribution in [0.1, 0.15) is 28.4 Å². The molecule has 1 atom stereocenters. The van der Waals surface area contributed by atoms with Crippen molar-refractivity contribution < 1.29 is 9.69 Å². The molecular weight excluding hydrogens is 388 g/mol. The molecule has 1 unspecified atom stereocenters. The van der Waals surface area contributed by atoms with Crippen LogP contribution < -0.4 is 21.9 Å². The van der Waals surface area contributed by atoms with Gasteiger partial charge < -0.3 is 10.6 Å². The normalized spacial score (nSPS) is 12.1. The summed E-state index contributed by atoms with van der Waals surface area (Å²) in [5, 5.41) is 4.02. The first kappa shape index (κ1) is 20.8. The van der Waals surface area contributed by atoms with Crippen molar-refractivity contribution in [2.75, 3.05) is 19.3 Å². The number of hydrogen-bond acceptors (Lipinski definition) is 5. The number of nitrogen functional groups attached to an aromatic ring is 1. The highest BCUT2D eigenvalue weighted by Crippen LogP contribution is 2.09. The predicted octanol–water partition coefficient (Wildman–Crippen LogP) is 0.620. The predicted molar refractivity (Wildman–Crippen MR) is 115 cm³/mol. The molecule has 0 fully saturated rings. The first-order chi connectivity index (χ1) is 13.9. The van der Waals surface area contributed by atoms with Gasteiger partial charge in [0.2, 0.25) is 5.78 Å². The van der Waals surface area contributed by atoms with Crippen molar-refractivity contribution in [2.24, 2.45) is 0 Å². The van der Waals surface area contributed by atoms with Crippen LogP contribution in [0.5, 0.6) is 0 Å². The summed E-state index contributed by atoms with van der Waals surface area (Å²) in [6.07, 6.45) is 0. The van der Waals surface area contributed by atoms with Crippen LogP contribution in [0.2, 0.25) is 0 Å². The monoisotopic (exact) mass is 413 g/mol. The van der Waals surface area contributed by atoms with E-state index in [0.29, 0.717) is 6.54 Å². The minimum Gasteiger partial charge on any atom is -0.384 e. The minimum absolute atomic E-state index is 0.0677. The smallest absolute Gasteiger partial charge is 0.332 e.